The Labute approximate surface area is 90.7 Å². The standard InChI is InChI=1S/C8H12N2O.2ClH/c1-9-6-7-4-3-5-8(10-7)11-2;;/h3-5,9H,6H2,1-2H3;2*1H. The maximum absolute atomic E-state index is 4.96. The number of methoxy groups -OCH3 is 1. The van der Waals surface area contributed by atoms with E-state index in [9.17, 15) is 0 Å². The van der Waals surface area contributed by atoms with Crippen LogP contribution in [-0.4, -0.2) is 19.1 Å². The quantitative estimate of drug-likeness (QED) is 0.849. The molecule has 0 aliphatic rings. The zero-order chi connectivity index (χ0) is 8.10. The number of hydrogen-bond acceptors (Lipinski definition) is 3. The van der Waals surface area contributed by atoms with Crippen LogP contribution < -0.4 is 10.1 Å². The Morgan fingerprint density at radius 2 is 2.08 bits per heavy atom. The van der Waals surface area contributed by atoms with Crippen LogP contribution >= 0.6 is 24.8 Å². The molecule has 0 aliphatic heterocycles. The highest BCUT2D eigenvalue weighted by molar-refractivity contribution is 5.85. The molecule has 13 heavy (non-hydrogen) atoms. The number of nitrogens with zero attached hydrogens (tertiary/aromatic N) is 1. The van der Waals surface area contributed by atoms with E-state index in [1.807, 2.05) is 25.2 Å². The topological polar surface area (TPSA) is 34.1 Å². The van der Waals surface area contributed by atoms with E-state index < -0.39 is 0 Å². The number of pyridine rings is 1. The molecule has 1 N–H and O–H groups in total. The van der Waals surface area contributed by atoms with Crippen molar-refractivity contribution in [3.05, 3.63) is 23.9 Å². The third kappa shape index (κ3) is 4.93. The van der Waals surface area contributed by atoms with Crippen molar-refractivity contribution in [1.29, 1.82) is 0 Å². The molecule has 1 aromatic heterocycles. The van der Waals surface area contributed by atoms with E-state index >= 15 is 0 Å². The number of nitrogens with one attached hydrogen (secondary N) is 1. The highest BCUT2D eigenvalue weighted by atomic mass is 35.5. The molecule has 0 amide bonds. The van der Waals surface area contributed by atoms with Crippen LogP contribution in [0.3, 0.4) is 0 Å². The number of rotatable bonds is 3. The second-order valence-electron chi connectivity index (χ2n) is 2.20. The van der Waals surface area contributed by atoms with Crippen molar-refractivity contribution < 1.29 is 4.74 Å². The molecular formula is C8H14Cl2N2O. The maximum atomic E-state index is 4.96. The summed E-state index contributed by atoms with van der Waals surface area (Å²) in [5.74, 6) is 0.665. The van der Waals surface area contributed by atoms with Gasteiger partial charge in [0.1, 0.15) is 0 Å². The second kappa shape index (κ2) is 8.10. The number of ether oxygens (including phenoxy) is 1. The monoisotopic (exact) mass is 224 g/mol. The summed E-state index contributed by atoms with van der Waals surface area (Å²) in [7, 11) is 3.51. The van der Waals surface area contributed by atoms with Gasteiger partial charge in [-0.15, -0.1) is 24.8 Å². The molecule has 0 fully saturated rings. The van der Waals surface area contributed by atoms with E-state index in [-0.39, 0.29) is 24.8 Å². The van der Waals surface area contributed by atoms with Crippen LogP contribution in [0.2, 0.25) is 0 Å². The first kappa shape index (κ1) is 15.0. The second-order valence-corrected chi connectivity index (χ2v) is 2.20. The van der Waals surface area contributed by atoms with Gasteiger partial charge in [-0.3, -0.25) is 0 Å². The molecule has 0 saturated heterocycles. The molecule has 0 saturated carbocycles. The predicted octanol–water partition coefficient (Wildman–Crippen LogP) is 1.65. The highest BCUT2D eigenvalue weighted by Crippen LogP contribution is 2.05. The van der Waals surface area contributed by atoms with Crippen molar-refractivity contribution in [2.45, 2.75) is 6.54 Å². The van der Waals surface area contributed by atoms with Gasteiger partial charge in [0, 0.05) is 12.6 Å². The van der Waals surface area contributed by atoms with Gasteiger partial charge in [0.05, 0.1) is 12.8 Å². The molecule has 0 radical (unpaired) electrons. The van der Waals surface area contributed by atoms with E-state index in [0.717, 1.165) is 12.2 Å². The summed E-state index contributed by atoms with van der Waals surface area (Å²) >= 11 is 0. The molecular weight excluding hydrogens is 211 g/mol. The normalized spacial score (nSPS) is 8.15. The maximum Gasteiger partial charge on any atom is 0.213 e. The van der Waals surface area contributed by atoms with E-state index in [4.69, 9.17) is 4.74 Å². The zero-order valence-electron chi connectivity index (χ0n) is 7.61. The fourth-order valence-corrected chi connectivity index (χ4v) is 0.851. The Morgan fingerprint density at radius 1 is 1.38 bits per heavy atom. The summed E-state index contributed by atoms with van der Waals surface area (Å²) < 4.78 is 4.96. The van der Waals surface area contributed by atoms with Gasteiger partial charge in [0.15, 0.2) is 0 Å². The summed E-state index contributed by atoms with van der Waals surface area (Å²) in [4.78, 5) is 4.20. The molecule has 0 aromatic carbocycles. The minimum absolute atomic E-state index is 0. The van der Waals surface area contributed by atoms with Crippen molar-refractivity contribution in [1.82, 2.24) is 10.3 Å². The number of hydrogen-bond donors (Lipinski definition) is 1. The third-order valence-electron chi connectivity index (χ3n) is 1.35. The van der Waals surface area contributed by atoms with Gasteiger partial charge in [-0.1, -0.05) is 6.07 Å². The lowest BCUT2D eigenvalue weighted by Gasteiger charge is -2.01. The summed E-state index contributed by atoms with van der Waals surface area (Å²) in [5, 5.41) is 3.02. The van der Waals surface area contributed by atoms with Crippen LogP contribution in [0.1, 0.15) is 5.69 Å². The molecule has 0 atom stereocenters. The lowest BCUT2D eigenvalue weighted by Crippen LogP contribution is -2.06. The molecule has 1 aromatic rings. The van der Waals surface area contributed by atoms with E-state index in [2.05, 4.69) is 10.3 Å². The summed E-state index contributed by atoms with van der Waals surface area (Å²) in [6, 6.07) is 5.72. The molecule has 1 rings (SSSR count). The number of halogens is 2. The molecule has 0 unspecified atom stereocenters. The Morgan fingerprint density at radius 3 is 2.62 bits per heavy atom. The Bertz CT molecular complexity index is 233. The van der Waals surface area contributed by atoms with Crippen LogP contribution in [0.15, 0.2) is 18.2 Å². The largest absolute Gasteiger partial charge is 0.481 e. The summed E-state index contributed by atoms with van der Waals surface area (Å²) in [6.45, 7) is 0.775. The van der Waals surface area contributed by atoms with Gasteiger partial charge < -0.3 is 10.1 Å². The average molecular weight is 225 g/mol. The lowest BCUT2D eigenvalue weighted by molar-refractivity contribution is 0.396. The molecule has 76 valence electrons. The van der Waals surface area contributed by atoms with E-state index in [1.54, 1.807) is 7.11 Å². The smallest absolute Gasteiger partial charge is 0.213 e. The van der Waals surface area contributed by atoms with Crippen molar-refractivity contribution in [2.24, 2.45) is 0 Å². The third-order valence-corrected chi connectivity index (χ3v) is 1.35. The molecule has 0 aliphatic carbocycles. The Hall–Kier alpha value is -0.510. The first-order chi connectivity index (χ1) is 5.36. The molecule has 1 heterocycles. The minimum atomic E-state index is 0. The predicted molar refractivity (Wildman–Crippen MR) is 58.0 cm³/mol. The average Bonchev–Trinajstić information content (AvgIpc) is 2.06. The van der Waals surface area contributed by atoms with Crippen molar-refractivity contribution in [3.8, 4) is 5.88 Å². The fourth-order valence-electron chi connectivity index (χ4n) is 0.851. The Kier molecular flexibility index (Phi) is 9.34. The van der Waals surface area contributed by atoms with Gasteiger partial charge in [-0.2, -0.15) is 0 Å². The number of aromatic nitrogens is 1. The van der Waals surface area contributed by atoms with E-state index in [0.29, 0.717) is 5.88 Å². The van der Waals surface area contributed by atoms with E-state index in [1.165, 1.54) is 0 Å². The van der Waals surface area contributed by atoms with Gasteiger partial charge >= 0.3 is 0 Å². The van der Waals surface area contributed by atoms with Crippen LogP contribution in [0.5, 0.6) is 5.88 Å². The first-order valence-corrected chi connectivity index (χ1v) is 3.51. The van der Waals surface area contributed by atoms with Crippen LogP contribution in [0.25, 0.3) is 0 Å². The van der Waals surface area contributed by atoms with Crippen molar-refractivity contribution >= 4 is 24.8 Å². The Balaban J connectivity index is 0. The van der Waals surface area contributed by atoms with Gasteiger partial charge in [-0.05, 0) is 13.1 Å². The molecule has 3 nitrogen and oxygen atoms in total. The zero-order valence-corrected chi connectivity index (χ0v) is 9.24. The van der Waals surface area contributed by atoms with Crippen LogP contribution in [0.4, 0.5) is 0 Å². The van der Waals surface area contributed by atoms with Crippen LogP contribution in [0, 0.1) is 0 Å². The summed E-state index contributed by atoms with van der Waals surface area (Å²) in [6.07, 6.45) is 0. The summed E-state index contributed by atoms with van der Waals surface area (Å²) in [5.41, 5.74) is 0.992. The fraction of sp³-hybridized carbons (Fsp3) is 0.375. The molecule has 0 spiro atoms. The lowest BCUT2D eigenvalue weighted by atomic mass is 10.3. The van der Waals surface area contributed by atoms with Crippen molar-refractivity contribution in [2.75, 3.05) is 14.2 Å². The SMILES string of the molecule is CNCc1cccc(OC)n1.Cl.Cl. The van der Waals surface area contributed by atoms with Gasteiger partial charge in [0.2, 0.25) is 5.88 Å². The van der Waals surface area contributed by atoms with Crippen molar-refractivity contribution in [3.63, 3.8) is 0 Å². The highest BCUT2D eigenvalue weighted by Gasteiger charge is 1.94. The van der Waals surface area contributed by atoms with Gasteiger partial charge in [0.25, 0.3) is 0 Å². The van der Waals surface area contributed by atoms with Gasteiger partial charge in [-0.25, -0.2) is 4.98 Å². The minimum Gasteiger partial charge on any atom is -0.481 e. The first-order valence-electron chi connectivity index (χ1n) is 3.51. The molecule has 0 bridgehead atoms. The molecule has 5 heteroatoms. The van der Waals surface area contributed by atoms with Crippen LogP contribution in [-0.2, 0) is 6.54 Å².